The summed E-state index contributed by atoms with van der Waals surface area (Å²) in [4.78, 5) is 26.3. The van der Waals surface area contributed by atoms with Crippen molar-refractivity contribution < 1.29 is 23.8 Å². The van der Waals surface area contributed by atoms with Gasteiger partial charge in [0.25, 0.3) is 11.1 Å². The Hall–Kier alpha value is -1.46. The van der Waals surface area contributed by atoms with Gasteiger partial charge in [-0.15, -0.1) is 0 Å². The number of nitrogens with zero attached hydrogens (tertiary/aromatic N) is 1. The molecule has 3 rings (SSSR count). The molecule has 1 aliphatic heterocycles. The molecule has 0 saturated carbocycles. The predicted molar refractivity (Wildman–Crippen MR) is 136 cm³/mol. The predicted octanol–water partition coefficient (Wildman–Crippen LogP) is 6.26. The Morgan fingerprint density at radius 3 is 2.62 bits per heavy atom. The number of ether oxygens (including phenoxy) is 3. The van der Waals surface area contributed by atoms with E-state index in [4.69, 9.17) is 37.4 Å². The number of thioether (sulfide) groups is 1. The summed E-state index contributed by atoms with van der Waals surface area (Å²) in [6, 6.07) is 8.88. The van der Waals surface area contributed by atoms with E-state index in [0.717, 1.165) is 26.5 Å². The molecule has 2 amide bonds. The fraction of sp³-hybridized carbons (Fsp3) is 0.273. The zero-order chi connectivity index (χ0) is 23.3. The van der Waals surface area contributed by atoms with Gasteiger partial charge in [-0.25, -0.2) is 0 Å². The first-order valence-electron chi connectivity index (χ1n) is 9.61. The fourth-order valence-corrected chi connectivity index (χ4v) is 5.00. The molecule has 2 aromatic rings. The van der Waals surface area contributed by atoms with E-state index < -0.39 is 0 Å². The maximum absolute atomic E-state index is 12.6. The minimum Gasteiger partial charge on any atom is -0.490 e. The summed E-state index contributed by atoms with van der Waals surface area (Å²) >= 11 is 15.3. The molecule has 2 aromatic carbocycles. The Kier molecular flexibility index (Phi) is 9.13. The van der Waals surface area contributed by atoms with Crippen LogP contribution in [0, 0.1) is 3.57 Å². The summed E-state index contributed by atoms with van der Waals surface area (Å²) in [5.41, 5.74) is 1.52. The van der Waals surface area contributed by atoms with Gasteiger partial charge in [0, 0.05) is 22.7 Å². The molecule has 32 heavy (non-hydrogen) atoms. The minimum atomic E-state index is -0.331. The number of rotatable bonds is 9. The highest BCUT2D eigenvalue weighted by molar-refractivity contribution is 14.1. The van der Waals surface area contributed by atoms with Crippen molar-refractivity contribution in [2.75, 3.05) is 26.9 Å². The van der Waals surface area contributed by atoms with Gasteiger partial charge in [-0.3, -0.25) is 14.5 Å². The van der Waals surface area contributed by atoms with Crippen LogP contribution in [0.4, 0.5) is 4.79 Å². The number of carbonyl (C=O) groups excluding carboxylic acids is 2. The van der Waals surface area contributed by atoms with Gasteiger partial charge in [0.2, 0.25) is 0 Å². The van der Waals surface area contributed by atoms with Gasteiger partial charge >= 0.3 is 0 Å². The van der Waals surface area contributed by atoms with Crippen LogP contribution in [-0.4, -0.2) is 42.9 Å². The summed E-state index contributed by atoms with van der Waals surface area (Å²) in [5, 5.41) is 0.767. The van der Waals surface area contributed by atoms with Gasteiger partial charge in [0.15, 0.2) is 11.5 Å². The minimum absolute atomic E-state index is 0.222. The average molecular weight is 608 g/mol. The van der Waals surface area contributed by atoms with Gasteiger partial charge in [0.05, 0.1) is 28.2 Å². The lowest BCUT2D eigenvalue weighted by molar-refractivity contribution is -0.123. The maximum atomic E-state index is 12.6. The van der Waals surface area contributed by atoms with Crippen molar-refractivity contribution >= 4 is 74.8 Å². The monoisotopic (exact) mass is 607 g/mol. The van der Waals surface area contributed by atoms with Gasteiger partial charge in [0.1, 0.15) is 6.61 Å². The van der Waals surface area contributed by atoms with Crippen LogP contribution in [0.15, 0.2) is 35.2 Å². The fourth-order valence-electron chi connectivity index (χ4n) is 2.89. The lowest BCUT2D eigenvalue weighted by Gasteiger charge is -2.15. The number of methoxy groups -OCH3 is 1. The lowest BCUT2D eigenvalue weighted by Crippen LogP contribution is -2.31. The highest BCUT2D eigenvalue weighted by Gasteiger charge is 2.34. The average Bonchev–Trinajstić information content (AvgIpc) is 3.00. The Balaban J connectivity index is 1.84. The largest absolute Gasteiger partial charge is 0.490 e. The second-order valence-corrected chi connectivity index (χ2v) is 9.61. The molecule has 0 N–H and O–H groups in total. The van der Waals surface area contributed by atoms with E-state index in [1.165, 1.54) is 12.0 Å². The second-order valence-electron chi connectivity index (χ2n) is 6.61. The van der Waals surface area contributed by atoms with Crippen LogP contribution in [0.2, 0.25) is 10.0 Å². The quantitative estimate of drug-likeness (QED) is 0.248. The summed E-state index contributed by atoms with van der Waals surface area (Å²) < 4.78 is 17.6. The normalized spacial score (nSPS) is 15.0. The van der Waals surface area contributed by atoms with Crippen molar-refractivity contribution in [3.05, 3.63) is 60.0 Å². The maximum Gasteiger partial charge on any atom is 0.293 e. The molecule has 1 saturated heterocycles. The lowest BCUT2D eigenvalue weighted by atomic mass is 10.1. The molecule has 1 aliphatic rings. The van der Waals surface area contributed by atoms with E-state index in [-0.39, 0.29) is 24.3 Å². The Morgan fingerprint density at radius 2 is 1.94 bits per heavy atom. The molecule has 1 fully saturated rings. The summed E-state index contributed by atoms with van der Waals surface area (Å²) in [7, 11) is 1.52. The molecule has 0 bridgehead atoms. The number of benzene rings is 2. The smallest absolute Gasteiger partial charge is 0.293 e. The number of carbonyl (C=O) groups is 2. The molecule has 0 aliphatic carbocycles. The topological polar surface area (TPSA) is 65.1 Å². The molecule has 0 spiro atoms. The molecule has 0 aromatic heterocycles. The van der Waals surface area contributed by atoms with Crippen LogP contribution in [0.3, 0.4) is 0 Å². The van der Waals surface area contributed by atoms with Gasteiger partial charge in [-0.05, 0) is 77.2 Å². The van der Waals surface area contributed by atoms with Gasteiger partial charge in [-0.1, -0.05) is 29.3 Å². The van der Waals surface area contributed by atoms with E-state index in [0.29, 0.717) is 39.7 Å². The van der Waals surface area contributed by atoms with Crippen LogP contribution in [0.25, 0.3) is 6.08 Å². The van der Waals surface area contributed by atoms with Crippen LogP contribution >= 0.6 is 57.6 Å². The molecular weight excluding hydrogens is 588 g/mol. The highest BCUT2D eigenvalue weighted by Crippen LogP contribution is 2.38. The van der Waals surface area contributed by atoms with E-state index in [1.807, 2.05) is 19.1 Å². The molecule has 0 atom stereocenters. The zero-order valence-electron chi connectivity index (χ0n) is 17.3. The number of halogens is 3. The first-order valence-corrected chi connectivity index (χ1v) is 12.3. The van der Waals surface area contributed by atoms with Gasteiger partial charge in [-0.2, -0.15) is 0 Å². The van der Waals surface area contributed by atoms with Crippen LogP contribution in [-0.2, 0) is 16.1 Å². The van der Waals surface area contributed by atoms with Crippen molar-refractivity contribution in [1.29, 1.82) is 0 Å². The van der Waals surface area contributed by atoms with Crippen LogP contribution in [0.1, 0.15) is 18.1 Å². The summed E-state index contributed by atoms with van der Waals surface area (Å²) in [6.45, 7) is 3.07. The third kappa shape index (κ3) is 6.11. The number of imide groups is 1. The molecule has 10 heteroatoms. The van der Waals surface area contributed by atoms with E-state index in [9.17, 15) is 9.59 Å². The first kappa shape index (κ1) is 25.2. The molecule has 0 radical (unpaired) electrons. The number of hydrogen-bond donors (Lipinski definition) is 0. The standard InChI is InChI=1S/C22H20Cl2INO5S/c1-3-30-18-9-13(10-19-21(27)26(6-7-29-2)22(28)32-19)8-17(25)20(18)31-12-14-4-5-15(23)11-16(14)24/h4-5,8-11H,3,6-7,12H2,1-2H3/b19-10+. The van der Waals surface area contributed by atoms with Crippen molar-refractivity contribution in [2.45, 2.75) is 13.5 Å². The summed E-state index contributed by atoms with van der Waals surface area (Å²) in [5.74, 6) is 0.779. The second kappa shape index (κ2) is 11.6. The number of hydrogen-bond acceptors (Lipinski definition) is 6. The first-order chi connectivity index (χ1) is 15.3. The Bertz CT molecular complexity index is 1060. The molecule has 6 nitrogen and oxygen atoms in total. The Morgan fingerprint density at radius 1 is 1.16 bits per heavy atom. The zero-order valence-corrected chi connectivity index (χ0v) is 21.8. The van der Waals surface area contributed by atoms with E-state index >= 15 is 0 Å². The van der Waals surface area contributed by atoms with Crippen LogP contribution < -0.4 is 9.47 Å². The molecular formula is C22H20Cl2INO5S. The molecule has 0 unspecified atom stereocenters. The van der Waals surface area contributed by atoms with Crippen molar-refractivity contribution in [1.82, 2.24) is 4.90 Å². The van der Waals surface area contributed by atoms with Gasteiger partial charge < -0.3 is 14.2 Å². The molecule has 1 heterocycles. The molecule has 170 valence electrons. The third-order valence-corrected chi connectivity index (χ3v) is 6.70. The highest BCUT2D eigenvalue weighted by atomic mass is 127. The van der Waals surface area contributed by atoms with Crippen molar-refractivity contribution in [3.63, 3.8) is 0 Å². The van der Waals surface area contributed by atoms with Crippen molar-refractivity contribution in [3.8, 4) is 11.5 Å². The van der Waals surface area contributed by atoms with Crippen LogP contribution in [0.5, 0.6) is 11.5 Å². The third-order valence-electron chi connectivity index (χ3n) is 4.41. The number of amides is 2. The van der Waals surface area contributed by atoms with E-state index in [2.05, 4.69) is 22.6 Å². The SMILES string of the molecule is CCOc1cc(/C=C2/SC(=O)N(CCOC)C2=O)cc(I)c1OCc1ccc(Cl)cc1Cl. The Labute approximate surface area is 214 Å². The summed E-state index contributed by atoms with van der Waals surface area (Å²) in [6.07, 6.45) is 1.68. The van der Waals surface area contributed by atoms with Crippen molar-refractivity contribution in [2.24, 2.45) is 0 Å². The van der Waals surface area contributed by atoms with E-state index in [1.54, 1.807) is 24.3 Å².